The standard InChI is InChI=1S/C26H29NO6.C26H31NO4.CH2O2.4CH4/c1-5-17-7-9-18(10-8-17)16-32-13-6-14-33-19-11-12-20-21(15-19)24(29)27(23(20)28)22(25(30)31)26(2,3)4;1-6-19-8-10-20(11-9-19)17-30-14-7-15-31-21-12-13-22-23(16-21)25(29)27(24(22)28)18(2)26(3,4)5;2-1-3;;;;/h5,7-12,15,22H,1,6,13-14,16H2,2-4H3,(H,30,31);6,8-13,16,18H,1,7,14-15,17H2,2-5H3;1H,(H,2,3);4*1H4/t22-;18-;;;;;/m11...../s1. The number of carbonyl (C=O) groups is 6. The molecule has 4 aromatic carbocycles. The van der Waals surface area contributed by atoms with Gasteiger partial charge in [0.2, 0.25) is 0 Å². The van der Waals surface area contributed by atoms with Crippen LogP contribution in [0.15, 0.2) is 98.1 Å². The molecule has 0 radical (unpaired) electrons. The van der Waals surface area contributed by atoms with Gasteiger partial charge in [0.25, 0.3) is 30.1 Å². The van der Waals surface area contributed by atoms with Crippen molar-refractivity contribution in [3.63, 3.8) is 0 Å². The average Bonchev–Trinajstić information content (AvgIpc) is 3.68. The summed E-state index contributed by atoms with van der Waals surface area (Å²) in [6, 6.07) is 24.3. The quantitative estimate of drug-likeness (QED) is 0.0515. The Morgan fingerprint density at radius 3 is 1.27 bits per heavy atom. The van der Waals surface area contributed by atoms with E-state index in [1.807, 2.05) is 82.3 Å². The van der Waals surface area contributed by atoms with E-state index in [1.165, 1.54) is 17.0 Å². The number of hydrogen-bond donors (Lipinski definition) is 2. The lowest BCUT2D eigenvalue weighted by atomic mass is 9.85. The molecule has 4 aromatic rings. The lowest BCUT2D eigenvalue weighted by Crippen LogP contribution is -2.51. The summed E-state index contributed by atoms with van der Waals surface area (Å²) >= 11 is 0. The third kappa shape index (κ3) is 17.2. The zero-order valence-corrected chi connectivity index (χ0v) is 39.4. The molecule has 0 bridgehead atoms. The van der Waals surface area contributed by atoms with Crippen molar-refractivity contribution in [2.75, 3.05) is 26.4 Å². The second-order valence-electron chi connectivity index (χ2n) is 18.0. The summed E-state index contributed by atoms with van der Waals surface area (Å²) in [5.74, 6) is -1.89. The van der Waals surface area contributed by atoms with Crippen molar-refractivity contribution < 1.29 is 57.9 Å². The van der Waals surface area contributed by atoms with Crippen molar-refractivity contribution in [2.24, 2.45) is 10.8 Å². The van der Waals surface area contributed by atoms with Gasteiger partial charge in [-0.05, 0) is 76.4 Å². The van der Waals surface area contributed by atoms with E-state index in [4.69, 9.17) is 28.8 Å². The summed E-state index contributed by atoms with van der Waals surface area (Å²) in [6.07, 6.45) is 4.97. The monoisotopic (exact) mass is 983 g/mol. The van der Waals surface area contributed by atoms with Gasteiger partial charge in [-0.25, -0.2) is 4.79 Å². The van der Waals surface area contributed by atoms with E-state index in [0.717, 1.165) is 33.6 Å². The molecule has 0 aliphatic carbocycles. The number of carboxylic acid groups (broad SMARTS) is 2. The molecule has 6 rings (SSSR count). The van der Waals surface area contributed by atoms with E-state index < -0.39 is 29.2 Å². The predicted octanol–water partition coefficient (Wildman–Crippen LogP) is 12.0. The van der Waals surface area contributed by atoms with Crippen molar-refractivity contribution in [2.45, 2.75) is 116 Å². The number of fused-ring (bicyclic) bond motifs is 2. The van der Waals surface area contributed by atoms with Gasteiger partial charge < -0.3 is 29.2 Å². The molecule has 14 nitrogen and oxygen atoms in total. The molecule has 2 N–H and O–H groups in total. The molecular weight excluding hydrogens is 905 g/mol. The van der Waals surface area contributed by atoms with Crippen LogP contribution in [-0.2, 0) is 32.3 Å². The van der Waals surface area contributed by atoms with Crippen LogP contribution in [0.1, 0.15) is 155 Å². The molecule has 2 heterocycles. The largest absolute Gasteiger partial charge is 0.493 e. The van der Waals surface area contributed by atoms with Gasteiger partial charge in [0, 0.05) is 18.9 Å². The number of amides is 4. The number of rotatable bonds is 19. The topological polar surface area (TPSA) is 186 Å². The third-order valence-corrected chi connectivity index (χ3v) is 11.1. The summed E-state index contributed by atoms with van der Waals surface area (Å²) < 4.78 is 22.9. The Labute approximate surface area is 422 Å². The highest BCUT2D eigenvalue weighted by Gasteiger charge is 2.48. The van der Waals surface area contributed by atoms with Gasteiger partial charge >= 0.3 is 5.97 Å². The van der Waals surface area contributed by atoms with Crippen molar-refractivity contribution in [1.29, 1.82) is 0 Å². The highest BCUT2D eigenvalue weighted by atomic mass is 16.5. The summed E-state index contributed by atoms with van der Waals surface area (Å²) in [5.41, 5.74) is 4.53. The molecule has 0 fully saturated rings. The van der Waals surface area contributed by atoms with Crippen LogP contribution in [-0.4, -0.2) is 94.6 Å². The first-order chi connectivity index (χ1) is 31.8. The summed E-state index contributed by atoms with van der Waals surface area (Å²) in [4.78, 5) is 73.6. The van der Waals surface area contributed by atoms with Crippen LogP contribution in [0.3, 0.4) is 0 Å². The first-order valence-electron chi connectivity index (χ1n) is 22.0. The number of nitrogens with zero attached hydrogens (tertiary/aromatic N) is 2. The molecule has 0 aromatic heterocycles. The summed E-state index contributed by atoms with van der Waals surface area (Å²) in [5, 5.41) is 16.5. The number of carboxylic acids is 1. The maximum atomic E-state index is 12.9. The van der Waals surface area contributed by atoms with E-state index in [-0.39, 0.29) is 70.6 Å². The predicted molar refractivity (Wildman–Crippen MR) is 282 cm³/mol. The molecule has 0 saturated carbocycles. The smallest absolute Gasteiger partial charge is 0.327 e. The average molecular weight is 983 g/mol. The summed E-state index contributed by atoms with van der Waals surface area (Å²) in [7, 11) is 0. The first kappa shape index (κ1) is 64.1. The molecule has 2 aliphatic heterocycles. The van der Waals surface area contributed by atoms with E-state index in [2.05, 4.69) is 13.2 Å². The van der Waals surface area contributed by atoms with Gasteiger partial charge in [-0.15, -0.1) is 0 Å². The van der Waals surface area contributed by atoms with Gasteiger partial charge in [-0.1, -0.05) is 145 Å². The lowest BCUT2D eigenvalue weighted by Gasteiger charge is -2.33. The van der Waals surface area contributed by atoms with E-state index >= 15 is 0 Å². The highest BCUT2D eigenvalue weighted by Crippen LogP contribution is 2.35. The van der Waals surface area contributed by atoms with Gasteiger partial charge in [-0.2, -0.15) is 0 Å². The molecular formula is C57H78N2O12. The fourth-order valence-corrected chi connectivity index (χ4v) is 7.08. The van der Waals surface area contributed by atoms with Crippen LogP contribution in [0.4, 0.5) is 0 Å². The van der Waals surface area contributed by atoms with Crippen molar-refractivity contribution in [3.8, 4) is 11.5 Å². The second kappa shape index (κ2) is 29.3. The first-order valence-corrected chi connectivity index (χ1v) is 22.0. The van der Waals surface area contributed by atoms with Crippen LogP contribution in [0.25, 0.3) is 12.2 Å². The van der Waals surface area contributed by atoms with E-state index in [9.17, 15) is 29.1 Å². The summed E-state index contributed by atoms with van der Waals surface area (Å²) in [6.45, 7) is 23.2. The Kier molecular flexibility index (Phi) is 26.5. The Hall–Kier alpha value is -6.90. The molecule has 2 atom stereocenters. The Morgan fingerprint density at radius 1 is 0.577 bits per heavy atom. The number of hydrogen-bond acceptors (Lipinski definition) is 10. The second-order valence-corrected chi connectivity index (χ2v) is 18.0. The van der Waals surface area contributed by atoms with Gasteiger partial charge in [0.1, 0.15) is 17.5 Å². The van der Waals surface area contributed by atoms with Crippen LogP contribution in [0, 0.1) is 10.8 Å². The number of benzene rings is 4. The molecule has 388 valence electrons. The van der Waals surface area contributed by atoms with E-state index in [0.29, 0.717) is 68.7 Å². The number of imide groups is 2. The minimum absolute atomic E-state index is 0. The number of ether oxygens (including phenoxy) is 4. The zero-order valence-electron chi connectivity index (χ0n) is 39.4. The third-order valence-electron chi connectivity index (χ3n) is 11.1. The Bertz CT molecular complexity index is 2400. The SMILES string of the molecule is C.C.C.C.C=Cc1ccc(COCCCOc2ccc3c(c2)C(=O)N([C@H](C(=O)O)C(C)(C)C)C3=O)cc1.C=Cc1ccc(COCCCOc2ccc3c(c2)C(=O)N([C@H](C)C(C)(C)C)C3=O)cc1.O=CO. The highest BCUT2D eigenvalue weighted by molar-refractivity contribution is 6.23. The molecule has 71 heavy (non-hydrogen) atoms. The molecule has 2 aliphatic rings. The Balaban J connectivity index is 0.00000124. The van der Waals surface area contributed by atoms with Crippen molar-refractivity contribution in [3.05, 3.63) is 143 Å². The van der Waals surface area contributed by atoms with Crippen LogP contribution >= 0.6 is 0 Å². The minimum atomic E-state index is -1.26. The normalized spacial score (nSPS) is 13.1. The van der Waals surface area contributed by atoms with Gasteiger partial charge in [-0.3, -0.25) is 33.8 Å². The molecule has 0 saturated heterocycles. The van der Waals surface area contributed by atoms with Crippen LogP contribution in [0.5, 0.6) is 11.5 Å². The van der Waals surface area contributed by atoms with Crippen LogP contribution in [0.2, 0.25) is 0 Å². The Morgan fingerprint density at radius 2 is 0.930 bits per heavy atom. The molecule has 0 unspecified atom stereocenters. The van der Waals surface area contributed by atoms with Crippen LogP contribution < -0.4 is 9.47 Å². The lowest BCUT2D eigenvalue weighted by molar-refractivity contribution is -0.145. The van der Waals surface area contributed by atoms with Gasteiger partial charge in [0.15, 0.2) is 0 Å². The number of aliphatic carboxylic acids is 1. The molecule has 4 amide bonds. The number of carbonyl (C=O) groups excluding carboxylic acids is 4. The fraction of sp³-hybridized carbons (Fsp3) is 0.404. The van der Waals surface area contributed by atoms with Gasteiger partial charge in [0.05, 0.1) is 61.9 Å². The zero-order chi connectivity index (χ0) is 49.5. The molecule has 14 heteroatoms. The molecule has 0 spiro atoms. The van der Waals surface area contributed by atoms with Crippen molar-refractivity contribution >= 4 is 48.2 Å². The minimum Gasteiger partial charge on any atom is -0.493 e. The maximum absolute atomic E-state index is 12.9. The maximum Gasteiger partial charge on any atom is 0.327 e. The van der Waals surface area contributed by atoms with E-state index in [1.54, 1.807) is 51.1 Å². The fourth-order valence-electron chi connectivity index (χ4n) is 7.08. The van der Waals surface area contributed by atoms with Crippen molar-refractivity contribution in [1.82, 2.24) is 9.80 Å².